The quantitative estimate of drug-likeness (QED) is 0.215. The average molecular weight is 298 g/mol. The maximum absolute atomic E-state index is 11.0. The zero-order valence-electron chi connectivity index (χ0n) is 15.0. The Hall–Kier alpha value is -0.400. The Morgan fingerprint density at radius 3 is 1.33 bits per heavy atom. The highest BCUT2D eigenvalue weighted by atomic mass is 16.3. The number of nitrogens with zero attached hydrogens (tertiary/aromatic N) is 1. The normalized spacial score (nSPS) is 11.8. The number of hydrogen-bond donors (Lipinski definition) is 0. The topological polar surface area (TPSA) is 29.4 Å². The first-order valence-electron chi connectivity index (χ1n) is 9.59. The van der Waals surface area contributed by atoms with Gasteiger partial charge in [-0.1, -0.05) is 103 Å². The first kappa shape index (κ1) is 20.6. The van der Waals surface area contributed by atoms with Gasteiger partial charge >= 0.3 is 0 Å². The van der Waals surface area contributed by atoms with E-state index in [9.17, 15) is 4.91 Å². The summed E-state index contributed by atoms with van der Waals surface area (Å²) in [7, 11) is 0. The summed E-state index contributed by atoms with van der Waals surface area (Å²) in [6, 6.07) is 0. The lowest BCUT2D eigenvalue weighted by Gasteiger charge is -2.22. The third kappa shape index (κ3) is 10.9. The lowest BCUT2D eigenvalue weighted by atomic mass is 9.88. The fourth-order valence-corrected chi connectivity index (χ4v) is 3.07. The summed E-state index contributed by atoms with van der Waals surface area (Å²) in [4.78, 5) is 11.0. The van der Waals surface area contributed by atoms with E-state index in [4.69, 9.17) is 0 Å². The first-order chi connectivity index (χ1) is 10.2. The molecule has 0 spiro atoms. The number of nitroso groups, excluding NO2 is 1. The van der Waals surface area contributed by atoms with Crippen LogP contribution in [0.5, 0.6) is 0 Å². The molecule has 0 aliphatic rings. The zero-order valence-corrected chi connectivity index (χ0v) is 15.0. The van der Waals surface area contributed by atoms with Crippen LogP contribution in [0, 0.1) is 4.91 Å². The van der Waals surface area contributed by atoms with Crippen molar-refractivity contribution < 1.29 is 0 Å². The van der Waals surface area contributed by atoms with Crippen LogP contribution in [0.4, 0.5) is 0 Å². The summed E-state index contributed by atoms with van der Waals surface area (Å²) in [5, 5.41) is 3.40. The van der Waals surface area contributed by atoms with Crippen molar-refractivity contribution in [2.45, 2.75) is 123 Å². The van der Waals surface area contributed by atoms with E-state index in [0.29, 0.717) is 0 Å². The summed E-state index contributed by atoms with van der Waals surface area (Å²) in [6.07, 6.45) is 19.2. The Morgan fingerprint density at radius 2 is 1.00 bits per heavy atom. The lowest BCUT2D eigenvalue weighted by molar-refractivity contribution is 0.350. The Balaban J connectivity index is 3.31. The fraction of sp³-hybridized carbons (Fsp3) is 1.00. The second-order valence-corrected chi connectivity index (χ2v) is 6.66. The van der Waals surface area contributed by atoms with Crippen LogP contribution in [0.3, 0.4) is 0 Å². The molecule has 0 N–H and O–H groups in total. The van der Waals surface area contributed by atoms with Crippen molar-refractivity contribution in [3.05, 3.63) is 4.91 Å². The van der Waals surface area contributed by atoms with Gasteiger partial charge in [0, 0.05) is 0 Å². The molecule has 0 aromatic rings. The van der Waals surface area contributed by atoms with Crippen molar-refractivity contribution in [3.8, 4) is 0 Å². The molecule has 2 nitrogen and oxygen atoms in total. The van der Waals surface area contributed by atoms with Gasteiger partial charge in [-0.3, -0.25) is 0 Å². The SMILES string of the molecule is CCCCCCCCCCCCCCC(CC)(CC)N=O. The third-order valence-electron chi connectivity index (χ3n) is 5.01. The maximum Gasteiger partial charge on any atom is 0.102 e. The van der Waals surface area contributed by atoms with Gasteiger partial charge in [0.2, 0.25) is 0 Å². The minimum atomic E-state index is -0.265. The van der Waals surface area contributed by atoms with Gasteiger partial charge in [0.15, 0.2) is 0 Å². The highest BCUT2D eigenvalue weighted by molar-refractivity contribution is 4.84. The van der Waals surface area contributed by atoms with Crippen molar-refractivity contribution in [1.82, 2.24) is 0 Å². The molecular formula is C19H39NO. The van der Waals surface area contributed by atoms with Crippen LogP contribution in [0.15, 0.2) is 5.18 Å². The molecule has 0 saturated carbocycles. The van der Waals surface area contributed by atoms with Crippen LogP contribution in [-0.2, 0) is 0 Å². The van der Waals surface area contributed by atoms with Gasteiger partial charge in [0.1, 0.15) is 5.54 Å². The van der Waals surface area contributed by atoms with Crippen LogP contribution < -0.4 is 0 Å². The van der Waals surface area contributed by atoms with E-state index in [1.807, 2.05) is 0 Å². The monoisotopic (exact) mass is 297 g/mol. The Morgan fingerprint density at radius 1 is 0.619 bits per heavy atom. The van der Waals surface area contributed by atoms with E-state index in [1.165, 1.54) is 77.0 Å². The molecule has 0 unspecified atom stereocenters. The van der Waals surface area contributed by atoms with Crippen molar-refractivity contribution in [3.63, 3.8) is 0 Å². The largest absolute Gasteiger partial charge is 0.150 e. The molecule has 0 aromatic heterocycles. The van der Waals surface area contributed by atoms with Gasteiger partial charge in [-0.05, 0) is 19.3 Å². The molecule has 0 aliphatic heterocycles. The molecule has 0 aliphatic carbocycles. The van der Waals surface area contributed by atoms with Gasteiger partial charge < -0.3 is 0 Å². The molecule has 21 heavy (non-hydrogen) atoms. The summed E-state index contributed by atoms with van der Waals surface area (Å²) in [5.41, 5.74) is -0.265. The predicted octanol–water partition coefficient (Wildman–Crippen LogP) is 7.40. The average Bonchev–Trinajstić information content (AvgIpc) is 2.53. The summed E-state index contributed by atoms with van der Waals surface area (Å²) in [6.45, 7) is 6.45. The second kappa shape index (κ2) is 14.5. The van der Waals surface area contributed by atoms with Gasteiger partial charge in [0.05, 0.1) is 0 Å². The van der Waals surface area contributed by atoms with Gasteiger partial charge in [0.25, 0.3) is 0 Å². The third-order valence-corrected chi connectivity index (χ3v) is 5.01. The standard InChI is InChI=1S/C19H39NO/c1-4-7-8-9-10-11-12-13-14-15-16-17-18-19(5-2,6-3)20-21/h4-18H2,1-3H3. The lowest BCUT2D eigenvalue weighted by Crippen LogP contribution is -2.23. The molecule has 0 bridgehead atoms. The molecule has 0 aromatic carbocycles. The smallest absolute Gasteiger partial charge is 0.102 e. The minimum Gasteiger partial charge on any atom is -0.150 e. The molecule has 0 rings (SSSR count). The van der Waals surface area contributed by atoms with Gasteiger partial charge in [-0.15, -0.1) is 0 Å². The molecule has 0 saturated heterocycles. The zero-order chi connectivity index (χ0) is 15.8. The molecule has 0 heterocycles. The summed E-state index contributed by atoms with van der Waals surface area (Å²) >= 11 is 0. The van der Waals surface area contributed by atoms with E-state index in [2.05, 4.69) is 25.9 Å². The number of rotatable bonds is 16. The van der Waals surface area contributed by atoms with Crippen molar-refractivity contribution in [1.29, 1.82) is 0 Å². The van der Waals surface area contributed by atoms with Gasteiger partial charge in [-0.25, -0.2) is 0 Å². The molecule has 0 fully saturated rings. The van der Waals surface area contributed by atoms with E-state index in [-0.39, 0.29) is 5.54 Å². The van der Waals surface area contributed by atoms with E-state index >= 15 is 0 Å². The Labute approximate surface area is 133 Å². The second-order valence-electron chi connectivity index (χ2n) is 6.66. The highest BCUT2D eigenvalue weighted by Gasteiger charge is 2.26. The first-order valence-corrected chi connectivity index (χ1v) is 9.59. The van der Waals surface area contributed by atoms with Crippen molar-refractivity contribution >= 4 is 0 Å². The minimum absolute atomic E-state index is 0.265. The van der Waals surface area contributed by atoms with E-state index in [0.717, 1.165) is 19.3 Å². The number of hydrogen-bond acceptors (Lipinski definition) is 2. The van der Waals surface area contributed by atoms with Crippen molar-refractivity contribution in [2.75, 3.05) is 0 Å². The van der Waals surface area contributed by atoms with Crippen LogP contribution >= 0.6 is 0 Å². The van der Waals surface area contributed by atoms with Crippen LogP contribution in [0.1, 0.15) is 117 Å². The fourth-order valence-electron chi connectivity index (χ4n) is 3.07. The Bertz CT molecular complexity index is 224. The molecular weight excluding hydrogens is 258 g/mol. The summed E-state index contributed by atoms with van der Waals surface area (Å²) < 4.78 is 0. The van der Waals surface area contributed by atoms with Crippen molar-refractivity contribution in [2.24, 2.45) is 5.18 Å². The maximum atomic E-state index is 11.0. The molecule has 2 heteroatoms. The van der Waals surface area contributed by atoms with E-state index in [1.54, 1.807) is 0 Å². The molecule has 0 amide bonds. The van der Waals surface area contributed by atoms with Crippen LogP contribution in [0.25, 0.3) is 0 Å². The molecule has 0 radical (unpaired) electrons. The van der Waals surface area contributed by atoms with Crippen LogP contribution in [-0.4, -0.2) is 5.54 Å². The Kier molecular flexibility index (Phi) is 14.3. The summed E-state index contributed by atoms with van der Waals surface area (Å²) in [5.74, 6) is 0. The van der Waals surface area contributed by atoms with Crippen LogP contribution in [0.2, 0.25) is 0 Å². The molecule has 126 valence electrons. The molecule has 0 atom stereocenters. The van der Waals surface area contributed by atoms with E-state index < -0.39 is 0 Å². The highest BCUT2D eigenvalue weighted by Crippen LogP contribution is 2.27. The number of unbranched alkanes of at least 4 members (excludes halogenated alkanes) is 11. The predicted molar refractivity (Wildman–Crippen MR) is 94.8 cm³/mol. The van der Waals surface area contributed by atoms with Gasteiger partial charge in [-0.2, -0.15) is 4.91 Å².